The van der Waals surface area contributed by atoms with E-state index < -0.39 is 0 Å². The number of hydrogen-bond donors (Lipinski definition) is 1. The lowest BCUT2D eigenvalue weighted by Crippen LogP contribution is -2.27. The van der Waals surface area contributed by atoms with Crippen LogP contribution < -0.4 is 0 Å². The number of rotatable bonds is 7. The van der Waals surface area contributed by atoms with Gasteiger partial charge in [-0.2, -0.15) is 0 Å². The molecule has 0 radical (unpaired) electrons. The van der Waals surface area contributed by atoms with E-state index in [9.17, 15) is 14.7 Å². The third-order valence-corrected chi connectivity index (χ3v) is 7.81. The molecule has 6 heteroatoms. The average molecular weight is 511 g/mol. The van der Waals surface area contributed by atoms with Gasteiger partial charge in [0.2, 0.25) is 0 Å². The third kappa shape index (κ3) is 5.40. The molecule has 3 aromatic rings. The summed E-state index contributed by atoms with van der Waals surface area (Å²) >= 11 is 0. The predicted octanol–water partition coefficient (Wildman–Crippen LogP) is 6.72. The number of aliphatic imine (C=N–C) groups is 1. The molecule has 6 nitrogen and oxygen atoms in total. The topological polar surface area (TPSA) is 92.8 Å². The Hall–Kier alpha value is -3.80. The number of ketones is 2. The predicted molar refractivity (Wildman–Crippen MR) is 147 cm³/mol. The second kappa shape index (κ2) is 11.3. The van der Waals surface area contributed by atoms with Crippen LogP contribution in [-0.2, 0) is 17.6 Å². The first-order valence-electron chi connectivity index (χ1n) is 13.6. The summed E-state index contributed by atoms with van der Waals surface area (Å²) in [5.74, 6) is 0.669. The molecule has 0 aliphatic heterocycles. The van der Waals surface area contributed by atoms with Gasteiger partial charge in [0.25, 0.3) is 0 Å². The van der Waals surface area contributed by atoms with Crippen molar-refractivity contribution in [2.24, 2.45) is 4.99 Å². The highest BCUT2D eigenvalue weighted by Gasteiger charge is 2.34. The highest BCUT2D eigenvalue weighted by molar-refractivity contribution is 6.24. The molecular formula is C32H34N2O4. The van der Waals surface area contributed by atoms with Crippen LogP contribution in [0.5, 0.6) is 0 Å². The summed E-state index contributed by atoms with van der Waals surface area (Å²) in [4.78, 5) is 31.2. The maximum atomic E-state index is 13.3. The molecule has 3 atom stereocenters. The number of aryl methyl sites for hydroxylation is 1. The molecule has 38 heavy (non-hydrogen) atoms. The molecule has 0 amide bonds. The van der Waals surface area contributed by atoms with Crippen LogP contribution in [0.1, 0.15) is 90.7 Å². The lowest BCUT2D eigenvalue weighted by Gasteiger charge is -2.26. The largest absolute Gasteiger partial charge is 0.511 e. The molecule has 2 aliphatic carbocycles. The first-order valence-corrected chi connectivity index (χ1v) is 13.6. The summed E-state index contributed by atoms with van der Waals surface area (Å²) in [6.45, 7) is 4.08. The molecule has 1 N–H and O–H groups in total. The number of hydrogen-bond acceptors (Lipinski definition) is 6. The molecule has 2 aliphatic rings. The van der Waals surface area contributed by atoms with Gasteiger partial charge in [-0.25, -0.2) is 0 Å². The zero-order valence-corrected chi connectivity index (χ0v) is 22.0. The number of carbonyl (C=O) groups is 2. The Balaban J connectivity index is 1.36. The maximum Gasteiger partial charge on any atom is 0.168 e. The summed E-state index contributed by atoms with van der Waals surface area (Å²) in [7, 11) is 0. The Morgan fingerprint density at radius 2 is 1.55 bits per heavy atom. The highest BCUT2D eigenvalue weighted by atomic mass is 16.5. The Labute approximate surface area is 223 Å². The van der Waals surface area contributed by atoms with Gasteiger partial charge in [0, 0.05) is 43.9 Å². The summed E-state index contributed by atoms with van der Waals surface area (Å²) in [6, 6.07) is 20.1. The van der Waals surface area contributed by atoms with Gasteiger partial charge in [0.15, 0.2) is 11.6 Å². The molecule has 0 saturated heterocycles. The van der Waals surface area contributed by atoms with Crippen LogP contribution >= 0.6 is 0 Å². The fraction of sp³-hybridized carbons (Fsp3) is 0.375. The Bertz CT molecular complexity index is 1370. The minimum Gasteiger partial charge on any atom is -0.511 e. The van der Waals surface area contributed by atoms with Crippen LogP contribution in [0.3, 0.4) is 0 Å². The van der Waals surface area contributed by atoms with E-state index in [0.717, 1.165) is 17.5 Å². The third-order valence-electron chi connectivity index (χ3n) is 7.81. The van der Waals surface area contributed by atoms with Crippen LogP contribution in [0.25, 0.3) is 0 Å². The SMILES string of the molecule is CCC(C)N=C1CC(c2ccccc2)CC(=O)/C1=C(/O)CCc1noc2c1C(=O)CC(c1ccccc1)C2. The Morgan fingerprint density at radius 1 is 0.947 bits per heavy atom. The van der Waals surface area contributed by atoms with Gasteiger partial charge in [-0.1, -0.05) is 72.7 Å². The fourth-order valence-corrected chi connectivity index (χ4v) is 5.59. The molecule has 1 saturated carbocycles. The number of nitrogens with zero attached hydrogens (tertiary/aromatic N) is 2. The van der Waals surface area contributed by atoms with Crippen molar-refractivity contribution in [1.82, 2.24) is 5.16 Å². The van der Waals surface area contributed by atoms with Crippen LogP contribution in [0.2, 0.25) is 0 Å². The fourth-order valence-electron chi connectivity index (χ4n) is 5.59. The van der Waals surface area contributed by atoms with E-state index in [0.29, 0.717) is 60.4 Å². The van der Waals surface area contributed by atoms with E-state index in [1.165, 1.54) is 0 Å². The maximum absolute atomic E-state index is 13.3. The molecule has 196 valence electrons. The number of benzene rings is 2. The normalized spacial score (nSPS) is 22.8. The molecule has 0 spiro atoms. The minimum atomic E-state index is -0.0892. The number of aromatic nitrogens is 1. The van der Waals surface area contributed by atoms with Crippen molar-refractivity contribution in [2.75, 3.05) is 0 Å². The van der Waals surface area contributed by atoms with Crippen LogP contribution in [0.4, 0.5) is 0 Å². The first-order chi connectivity index (χ1) is 18.4. The van der Waals surface area contributed by atoms with Crippen molar-refractivity contribution in [3.63, 3.8) is 0 Å². The van der Waals surface area contributed by atoms with Gasteiger partial charge in [0.05, 0.1) is 16.8 Å². The first kappa shape index (κ1) is 25.8. The second-order valence-electron chi connectivity index (χ2n) is 10.5. The van der Waals surface area contributed by atoms with Crippen molar-refractivity contribution in [3.8, 4) is 0 Å². The molecule has 1 aromatic heterocycles. The monoisotopic (exact) mass is 510 g/mol. The number of Topliss-reactive ketones (excluding diaryl/α,β-unsaturated/α-hetero) is 2. The number of carbonyl (C=O) groups excluding carboxylic acids is 2. The lowest BCUT2D eigenvalue weighted by atomic mass is 9.78. The van der Waals surface area contributed by atoms with Gasteiger partial charge in [-0.3, -0.25) is 14.6 Å². The zero-order valence-electron chi connectivity index (χ0n) is 22.0. The van der Waals surface area contributed by atoms with E-state index in [1.807, 2.05) is 67.6 Å². The molecule has 2 aromatic carbocycles. The quantitative estimate of drug-likeness (QED) is 0.281. The number of allylic oxidation sites excluding steroid dienone is 2. The molecule has 1 heterocycles. The van der Waals surface area contributed by atoms with E-state index in [4.69, 9.17) is 9.52 Å². The van der Waals surface area contributed by atoms with Crippen molar-refractivity contribution in [3.05, 3.63) is 100 Å². The lowest BCUT2D eigenvalue weighted by molar-refractivity contribution is -0.116. The smallest absolute Gasteiger partial charge is 0.168 e. The molecular weight excluding hydrogens is 476 g/mol. The van der Waals surface area contributed by atoms with Crippen molar-refractivity contribution >= 4 is 17.3 Å². The highest BCUT2D eigenvalue weighted by Crippen LogP contribution is 2.36. The van der Waals surface area contributed by atoms with Crippen molar-refractivity contribution in [1.29, 1.82) is 0 Å². The van der Waals surface area contributed by atoms with Gasteiger partial charge in [0.1, 0.15) is 11.5 Å². The van der Waals surface area contributed by atoms with Gasteiger partial charge < -0.3 is 9.63 Å². The summed E-state index contributed by atoms with van der Waals surface area (Å²) in [6.07, 6.45) is 3.34. The summed E-state index contributed by atoms with van der Waals surface area (Å²) in [5, 5.41) is 15.4. The van der Waals surface area contributed by atoms with Gasteiger partial charge in [-0.15, -0.1) is 0 Å². The summed E-state index contributed by atoms with van der Waals surface area (Å²) in [5.41, 5.74) is 4.33. The molecule has 0 bridgehead atoms. The number of fused-ring (bicyclic) bond motifs is 1. The molecule has 3 unspecified atom stereocenters. The van der Waals surface area contributed by atoms with E-state index in [-0.39, 0.29) is 41.6 Å². The van der Waals surface area contributed by atoms with E-state index in [1.54, 1.807) is 0 Å². The Kier molecular flexibility index (Phi) is 7.68. The molecule has 1 fully saturated rings. The number of aliphatic hydroxyl groups is 1. The second-order valence-corrected chi connectivity index (χ2v) is 10.5. The minimum absolute atomic E-state index is 0.0157. The van der Waals surface area contributed by atoms with Crippen LogP contribution in [0.15, 0.2) is 81.5 Å². The van der Waals surface area contributed by atoms with Gasteiger partial charge in [-0.05, 0) is 42.7 Å². The summed E-state index contributed by atoms with van der Waals surface area (Å²) < 4.78 is 5.60. The Morgan fingerprint density at radius 3 is 2.18 bits per heavy atom. The average Bonchev–Trinajstić information content (AvgIpc) is 3.36. The van der Waals surface area contributed by atoms with Crippen LogP contribution in [-0.4, -0.2) is 33.6 Å². The zero-order chi connectivity index (χ0) is 26.6. The van der Waals surface area contributed by atoms with Crippen molar-refractivity contribution in [2.45, 2.75) is 76.7 Å². The number of aliphatic hydroxyl groups excluding tert-OH is 1. The van der Waals surface area contributed by atoms with Gasteiger partial charge >= 0.3 is 0 Å². The molecule has 5 rings (SSSR count). The van der Waals surface area contributed by atoms with E-state index in [2.05, 4.69) is 12.1 Å². The standard InChI is InChI=1S/C32H34N2O4/c1-3-20(2)33-26-16-23(21-10-6-4-7-11-21)17-28(36)31(26)27(35)15-14-25-32-29(37)18-24(19-30(32)38-34-25)22-12-8-5-9-13-22/h4-13,20,23-24,35H,3,14-19H2,1-2H3/b31-27+,33-26?. The van der Waals surface area contributed by atoms with Crippen LogP contribution in [0, 0.1) is 0 Å². The van der Waals surface area contributed by atoms with E-state index >= 15 is 0 Å². The van der Waals surface area contributed by atoms with Crippen molar-refractivity contribution < 1.29 is 19.2 Å².